The van der Waals surface area contributed by atoms with Gasteiger partial charge in [0.25, 0.3) is 5.92 Å². The summed E-state index contributed by atoms with van der Waals surface area (Å²) in [4.78, 5) is 35.8. The molecular formula is C13H15F2N3O3. The van der Waals surface area contributed by atoms with Gasteiger partial charge in [0.2, 0.25) is 11.8 Å². The van der Waals surface area contributed by atoms with E-state index in [1.54, 1.807) is 6.07 Å². The predicted octanol–water partition coefficient (Wildman–Crippen LogP) is 0.230. The van der Waals surface area contributed by atoms with Crippen molar-refractivity contribution in [3.05, 3.63) is 0 Å². The number of halogens is 2. The Morgan fingerprint density at radius 1 is 1.52 bits per heavy atom. The van der Waals surface area contributed by atoms with Crippen LogP contribution < -0.4 is 5.32 Å². The van der Waals surface area contributed by atoms with Gasteiger partial charge in [0, 0.05) is 18.8 Å². The number of alkyl halides is 2. The van der Waals surface area contributed by atoms with E-state index in [9.17, 15) is 23.2 Å². The van der Waals surface area contributed by atoms with Crippen molar-refractivity contribution in [2.24, 2.45) is 5.92 Å². The lowest BCUT2D eigenvalue weighted by molar-refractivity contribution is -0.135. The van der Waals surface area contributed by atoms with Crippen molar-refractivity contribution in [1.82, 2.24) is 10.2 Å². The average molecular weight is 299 g/mol. The Morgan fingerprint density at radius 3 is 2.76 bits per heavy atom. The molecule has 0 aliphatic carbocycles. The fourth-order valence-corrected chi connectivity index (χ4v) is 2.79. The number of carbonyl (C=O) groups is 3. The van der Waals surface area contributed by atoms with Crippen LogP contribution in [0.15, 0.2) is 0 Å². The predicted molar refractivity (Wildman–Crippen MR) is 66.0 cm³/mol. The highest BCUT2D eigenvalue weighted by Crippen LogP contribution is 2.33. The molecule has 1 N–H and O–H groups in total. The summed E-state index contributed by atoms with van der Waals surface area (Å²) < 4.78 is 26.7. The van der Waals surface area contributed by atoms with Crippen LogP contribution in [0.2, 0.25) is 0 Å². The van der Waals surface area contributed by atoms with Crippen molar-refractivity contribution < 1.29 is 23.2 Å². The molecule has 0 unspecified atom stereocenters. The summed E-state index contributed by atoms with van der Waals surface area (Å²) in [5.74, 6) is -4.98. The van der Waals surface area contributed by atoms with Crippen LogP contribution in [-0.4, -0.2) is 47.0 Å². The first-order valence-electron chi connectivity index (χ1n) is 6.61. The third-order valence-corrected chi connectivity index (χ3v) is 3.74. The number of hydrogen-bond donors (Lipinski definition) is 1. The maximum Gasteiger partial charge on any atom is 0.268 e. The molecule has 114 valence electrons. The molecule has 21 heavy (non-hydrogen) atoms. The van der Waals surface area contributed by atoms with E-state index >= 15 is 0 Å². The molecule has 0 bridgehead atoms. The van der Waals surface area contributed by atoms with Crippen LogP contribution >= 0.6 is 0 Å². The van der Waals surface area contributed by atoms with Crippen LogP contribution in [0.25, 0.3) is 0 Å². The molecule has 2 fully saturated rings. The van der Waals surface area contributed by atoms with E-state index in [0.29, 0.717) is 0 Å². The van der Waals surface area contributed by atoms with Crippen LogP contribution in [-0.2, 0) is 14.4 Å². The smallest absolute Gasteiger partial charge is 0.268 e. The second-order valence-electron chi connectivity index (χ2n) is 5.57. The number of nitriles is 1. The third-order valence-electron chi connectivity index (χ3n) is 3.74. The minimum absolute atomic E-state index is 0.0213. The van der Waals surface area contributed by atoms with Crippen molar-refractivity contribution in [2.45, 2.75) is 44.2 Å². The number of ketones is 1. The van der Waals surface area contributed by atoms with Gasteiger partial charge in [-0.1, -0.05) is 0 Å². The second-order valence-corrected chi connectivity index (χ2v) is 5.57. The second kappa shape index (κ2) is 5.39. The summed E-state index contributed by atoms with van der Waals surface area (Å²) in [7, 11) is 0. The molecule has 0 radical (unpaired) electrons. The Hall–Kier alpha value is -2.04. The van der Waals surface area contributed by atoms with Crippen molar-refractivity contribution in [3.63, 3.8) is 0 Å². The Balaban J connectivity index is 2.06. The SMILES string of the molecule is CC(=O)C[C@@H]1C[C@@H](C(=O)N2CC(F)(F)C[C@H]2C#N)NC1=O. The number of nitrogens with zero attached hydrogens (tertiary/aromatic N) is 2. The van der Waals surface area contributed by atoms with Gasteiger partial charge in [0.15, 0.2) is 0 Å². The van der Waals surface area contributed by atoms with E-state index in [0.717, 1.165) is 4.90 Å². The minimum atomic E-state index is -3.09. The number of carbonyl (C=O) groups excluding carboxylic acids is 3. The molecule has 0 spiro atoms. The van der Waals surface area contributed by atoms with Crippen LogP contribution in [0.5, 0.6) is 0 Å². The van der Waals surface area contributed by atoms with Gasteiger partial charge in [-0.15, -0.1) is 0 Å². The Morgan fingerprint density at radius 2 is 2.19 bits per heavy atom. The summed E-state index contributed by atoms with van der Waals surface area (Å²) in [5, 5.41) is 11.3. The Kier molecular flexibility index (Phi) is 3.94. The molecule has 2 aliphatic heterocycles. The Bertz CT molecular complexity index is 529. The highest BCUT2D eigenvalue weighted by atomic mass is 19.3. The maximum absolute atomic E-state index is 13.3. The van der Waals surface area contributed by atoms with Gasteiger partial charge in [0.1, 0.15) is 17.9 Å². The molecule has 0 aromatic rings. The van der Waals surface area contributed by atoms with Crippen molar-refractivity contribution in [3.8, 4) is 6.07 Å². The van der Waals surface area contributed by atoms with Crippen molar-refractivity contribution in [2.75, 3.05) is 6.54 Å². The topological polar surface area (TPSA) is 90.3 Å². The average Bonchev–Trinajstić information content (AvgIpc) is 2.88. The van der Waals surface area contributed by atoms with Crippen LogP contribution in [0.4, 0.5) is 8.78 Å². The standard InChI is InChI=1S/C13H15F2N3O3/c1-7(19)2-8-3-10(17-11(8)20)12(21)18-6-13(14,15)4-9(18)5-16/h8-10H,2-4,6H2,1H3,(H,17,20)/t8-,9+,10+/m1/s1. The van der Waals surface area contributed by atoms with Gasteiger partial charge >= 0.3 is 0 Å². The highest BCUT2D eigenvalue weighted by Gasteiger charge is 2.50. The zero-order valence-electron chi connectivity index (χ0n) is 11.4. The zero-order valence-corrected chi connectivity index (χ0v) is 11.4. The maximum atomic E-state index is 13.3. The number of Topliss-reactive ketones (excluding diaryl/α,β-unsaturated/α-hetero) is 1. The summed E-state index contributed by atoms with van der Waals surface area (Å²) >= 11 is 0. The van der Waals surface area contributed by atoms with Crippen molar-refractivity contribution in [1.29, 1.82) is 5.26 Å². The van der Waals surface area contributed by atoms with E-state index in [1.807, 2.05) is 0 Å². The first kappa shape index (κ1) is 15.4. The fraction of sp³-hybridized carbons (Fsp3) is 0.692. The van der Waals surface area contributed by atoms with E-state index < -0.39 is 48.7 Å². The highest BCUT2D eigenvalue weighted by molar-refractivity contribution is 5.94. The molecular weight excluding hydrogens is 284 g/mol. The van der Waals surface area contributed by atoms with E-state index in [-0.39, 0.29) is 18.6 Å². The number of likely N-dealkylation sites (tertiary alicyclic amines) is 1. The summed E-state index contributed by atoms with van der Waals surface area (Å²) in [6.07, 6.45) is -0.572. The third kappa shape index (κ3) is 3.17. The molecule has 8 heteroatoms. The largest absolute Gasteiger partial charge is 0.344 e. The van der Waals surface area contributed by atoms with E-state index in [1.165, 1.54) is 6.92 Å². The molecule has 2 saturated heterocycles. The minimum Gasteiger partial charge on any atom is -0.344 e. The molecule has 2 rings (SSSR count). The zero-order chi connectivity index (χ0) is 15.8. The number of nitrogens with one attached hydrogen (secondary N) is 1. The first-order chi connectivity index (χ1) is 9.73. The lowest BCUT2D eigenvalue weighted by atomic mass is 9.98. The summed E-state index contributed by atoms with van der Waals surface area (Å²) in [6.45, 7) is 0.531. The summed E-state index contributed by atoms with van der Waals surface area (Å²) in [5.41, 5.74) is 0. The van der Waals surface area contributed by atoms with E-state index in [2.05, 4.69) is 5.32 Å². The Labute approximate surface area is 120 Å². The van der Waals surface area contributed by atoms with Gasteiger partial charge in [-0.25, -0.2) is 8.78 Å². The van der Waals surface area contributed by atoms with Gasteiger partial charge in [-0.3, -0.25) is 9.59 Å². The quantitative estimate of drug-likeness (QED) is 0.807. The molecule has 0 aromatic carbocycles. The van der Waals surface area contributed by atoms with Gasteiger partial charge in [-0.2, -0.15) is 5.26 Å². The monoisotopic (exact) mass is 299 g/mol. The molecule has 2 heterocycles. The lowest BCUT2D eigenvalue weighted by Crippen LogP contribution is -2.46. The molecule has 6 nitrogen and oxygen atoms in total. The van der Waals surface area contributed by atoms with Gasteiger partial charge in [-0.05, 0) is 13.3 Å². The normalized spacial score (nSPS) is 30.9. The van der Waals surface area contributed by atoms with Crippen LogP contribution in [0.3, 0.4) is 0 Å². The fourth-order valence-electron chi connectivity index (χ4n) is 2.79. The first-order valence-corrected chi connectivity index (χ1v) is 6.61. The number of rotatable bonds is 3. The van der Waals surface area contributed by atoms with Crippen LogP contribution in [0, 0.1) is 17.2 Å². The molecule has 2 aliphatic rings. The molecule has 0 aromatic heterocycles. The number of amides is 2. The van der Waals surface area contributed by atoms with Crippen LogP contribution in [0.1, 0.15) is 26.2 Å². The number of hydrogen-bond acceptors (Lipinski definition) is 4. The molecule has 0 saturated carbocycles. The van der Waals surface area contributed by atoms with E-state index in [4.69, 9.17) is 5.26 Å². The van der Waals surface area contributed by atoms with Gasteiger partial charge < -0.3 is 15.0 Å². The molecule has 2 amide bonds. The molecule has 3 atom stereocenters. The van der Waals surface area contributed by atoms with Crippen molar-refractivity contribution >= 4 is 17.6 Å². The lowest BCUT2D eigenvalue weighted by Gasteiger charge is -2.22. The van der Waals surface area contributed by atoms with Gasteiger partial charge in [0.05, 0.1) is 12.6 Å². The summed E-state index contributed by atoms with van der Waals surface area (Å²) in [6, 6.07) is -0.435.